The van der Waals surface area contributed by atoms with Crippen molar-refractivity contribution in [1.29, 1.82) is 5.26 Å². The van der Waals surface area contributed by atoms with Crippen LogP contribution in [0.4, 0.5) is 0 Å². The molecule has 2 atom stereocenters. The Labute approximate surface area is 113 Å². The van der Waals surface area contributed by atoms with Crippen LogP contribution in [0.1, 0.15) is 39.0 Å². The molecule has 0 aromatic heterocycles. The summed E-state index contributed by atoms with van der Waals surface area (Å²) in [5, 5.41) is 16.1. The highest BCUT2D eigenvalue weighted by atomic mass is 32.2. The van der Waals surface area contributed by atoms with E-state index in [1.807, 2.05) is 6.92 Å². The number of nitriles is 1. The fourth-order valence-corrected chi connectivity index (χ4v) is 3.64. The number of carbonyl (C=O) groups is 1. The molecule has 0 aromatic rings. The summed E-state index contributed by atoms with van der Waals surface area (Å²) in [6.07, 6.45) is 5.26. The second kappa shape index (κ2) is 5.94. The number of carbonyl (C=O) groups excluding carboxylic acids is 1. The van der Waals surface area contributed by atoms with Crippen LogP contribution >= 0.6 is 11.8 Å². The molecule has 0 aromatic carbocycles. The Morgan fingerprint density at radius 1 is 1.50 bits per heavy atom. The number of amides is 1. The van der Waals surface area contributed by atoms with Crippen LogP contribution in [0.2, 0.25) is 0 Å². The standard InChI is InChI=1S/C13H21N3OS/c1-2-15-12(17)8-18-11-5-6-13(7-11,9-14)16-10-3-4-10/h10-11,16H,2-8H2,1H3,(H,15,17). The largest absolute Gasteiger partial charge is 0.356 e. The third-order valence-electron chi connectivity index (χ3n) is 3.57. The maximum Gasteiger partial charge on any atom is 0.229 e. The van der Waals surface area contributed by atoms with Crippen LogP contribution < -0.4 is 10.6 Å². The first-order valence-corrected chi connectivity index (χ1v) is 7.79. The summed E-state index contributed by atoms with van der Waals surface area (Å²) >= 11 is 1.69. The lowest BCUT2D eigenvalue weighted by Gasteiger charge is -2.22. The summed E-state index contributed by atoms with van der Waals surface area (Å²) in [4.78, 5) is 11.4. The van der Waals surface area contributed by atoms with Crippen LogP contribution in [0, 0.1) is 11.3 Å². The van der Waals surface area contributed by atoms with Crippen LogP contribution in [-0.4, -0.2) is 35.0 Å². The molecule has 1 amide bonds. The molecule has 2 aliphatic carbocycles. The molecule has 2 saturated carbocycles. The smallest absolute Gasteiger partial charge is 0.229 e. The van der Waals surface area contributed by atoms with Gasteiger partial charge in [0.2, 0.25) is 5.91 Å². The topological polar surface area (TPSA) is 64.9 Å². The SMILES string of the molecule is CCNC(=O)CSC1CCC(C#N)(NC2CC2)C1. The molecule has 4 nitrogen and oxygen atoms in total. The second-order valence-electron chi connectivity index (χ2n) is 5.24. The molecule has 2 rings (SSSR count). The Morgan fingerprint density at radius 3 is 2.89 bits per heavy atom. The van der Waals surface area contributed by atoms with E-state index in [9.17, 15) is 10.1 Å². The van der Waals surface area contributed by atoms with Crippen molar-refractivity contribution in [2.24, 2.45) is 0 Å². The summed E-state index contributed by atoms with van der Waals surface area (Å²) in [6.45, 7) is 2.62. The lowest BCUT2D eigenvalue weighted by Crippen LogP contribution is -2.43. The molecule has 2 N–H and O–H groups in total. The number of rotatable bonds is 6. The Kier molecular flexibility index (Phi) is 4.52. The van der Waals surface area contributed by atoms with Crippen LogP contribution in [0.25, 0.3) is 0 Å². The van der Waals surface area contributed by atoms with E-state index in [2.05, 4.69) is 16.7 Å². The van der Waals surface area contributed by atoms with Crippen molar-refractivity contribution in [3.63, 3.8) is 0 Å². The van der Waals surface area contributed by atoms with Gasteiger partial charge in [0, 0.05) is 17.8 Å². The van der Waals surface area contributed by atoms with E-state index in [1.54, 1.807) is 11.8 Å². The van der Waals surface area contributed by atoms with E-state index >= 15 is 0 Å². The van der Waals surface area contributed by atoms with Gasteiger partial charge in [0.15, 0.2) is 0 Å². The Hall–Kier alpha value is -0.730. The van der Waals surface area contributed by atoms with Crippen LogP contribution in [-0.2, 0) is 4.79 Å². The fraction of sp³-hybridized carbons (Fsp3) is 0.846. The quantitative estimate of drug-likeness (QED) is 0.764. The van der Waals surface area contributed by atoms with Crippen molar-refractivity contribution in [2.75, 3.05) is 12.3 Å². The van der Waals surface area contributed by atoms with Crippen molar-refractivity contribution in [3.8, 4) is 6.07 Å². The molecule has 100 valence electrons. The molecule has 0 aliphatic heterocycles. The van der Waals surface area contributed by atoms with E-state index in [1.165, 1.54) is 12.8 Å². The van der Waals surface area contributed by atoms with Gasteiger partial charge in [-0.25, -0.2) is 0 Å². The zero-order valence-corrected chi connectivity index (χ0v) is 11.7. The van der Waals surface area contributed by atoms with Gasteiger partial charge in [-0.1, -0.05) is 0 Å². The minimum atomic E-state index is -0.319. The molecule has 0 bridgehead atoms. The average Bonchev–Trinajstić information content (AvgIpc) is 3.06. The monoisotopic (exact) mass is 267 g/mol. The van der Waals surface area contributed by atoms with E-state index in [4.69, 9.17) is 0 Å². The van der Waals surface area contributed by atoms with Crippen molar-refractivity contribution in [1.82, 2.24) is 10.6 Å². The van der Waals surface area contributed by atoms with E-state index in [0.717, 1.165) is 19.3 Å². The lowest BCUT2D eigenvalue weighted by atomic mass is 10.00. The zero-order valence-electron chi connectivity index (χ0n) is 10.9. The number of nitrogens with zero attached hydrogens (tertiary/aromatic N) is 1. The van der Waals surface area contributed by atoms with Gasteiger partial charge in [0.1, 0.15) is 5.54 Å². The predicted molar refractivity (Wildman–Crippen MR) is 73.3 cm³/mol. The summed E-state index contributed by atoms with van der Waals surface area (Å²) in [5.41, 5.74) is -0.319. The maximum atomic E-state index is 11.4. The highest BCUT2D eigenvalue weighted by Crippen LogP contribution is 2.38. The number of hydrogen-bond acceptors (Lipinski definition) is 4. The number of nitrogens with one attached hydrogen (secondary N) is 2. The average molecular weight is 267 g/mol. The van der Waals surface area contributed by atoms with Gasteiger partial charge in [-0.2, -0.15) is 5.26 Å². The molecule has 0 saturated heterocycles. The molecule has 2 aliphatic rings. The third kappa shape index (κ3) is 3.63. The molecule has 0 radical (unpaired) electrons. The van der Waals surface area contributed by atoms with Crippen molar-refractivity contribution in [2.45, 2.75) is 55.9 Å². The van der Waals surface area contributed by atoms with Gasteiger partial charge in [0.05, 0.1) is 11.8 Å². The van der Waals surface area contributed by atoms with Gasteiger partial charge in [-0.15, -0.1) is 11.8 Å². The summed E-state index contributed by atoms with van der Waals surface area (Å²) in [6, 6.07) is 3.03. The molecular weight excluding hydrogens is 246 g/mol. The molecular formula is C13H21N3OS. The van der Waals surface area contributed by atoms with Crippen molar-refractivity contribution < 1.29 is 4.79 Å². The summed E-state index contributed by atoms with van der Waals surface area (Å²) in [5.74, 6) is 0.621. The van der Waals surface area contributed by atoms with Gasteiger partial charge >= 0.3 is 0 Å². The predicted octanol–water partition coefficient (Wildman–Crippen LogP) is 1.42. The zero-order chi connectivity index (χ0) is 13.0. The Bertz CT molecular complexity index is 351. The van der Waals surface area contributed by atoms with Gasteiger partial charge < -0.3 is 5.32 Å². The van der Waals surface area contributed by atoms with Crippen LogP contribution in [0.3, 0.4) is 0 Å². The van der Waals surface area contributed by atoms with E-state index < -0.39 is 0 Å². The van der Waals surface area contributed by atoms with Crippen molar-refractivity contribution >= 4 is 17.7 Å². The lowest BCUT2D eigenvalue weighted by molar-refractivity contribution is -0.118. The van der Waals surface area contributed by atoms with E-state index in [-0.39, 0.29) is 11.4 Å². The minimum absolute atomic E-state index is 0.104. The Morgan fingerprint density at radius 2 is 2.28 bits per heavy atom. The maximum absolute atomic E-state index is 11.4. The minimum Gasteiger partial charge on any atom is -0.356 e. The first kappa shape index (κ1) is 13.7. The number of thioether (sulfide) groups is 1. The Balaban J connectivity index is 1.76. The highest BCUT2D eigenvalue weighted by Gasteiger charge is 2.42. The molecule has 5 heteroatoms. The first-order valence-electron chi connectivity index (χ1n) is 6.75. The fourth-order valence-electron chi connectivity index (χ4n) is 2.47. The molecule has 0 heterocycles. The van der Waals surface area contributed by atoms with Gasteiger partial charge in [-0.3, -0.25) is 10.1 Å². The highest BCUT2D eigenvalue weighted by molar-refractivity contribution is 8.00. The second-order valence-corrected chi connectivity index (χ2v) is 6.53. The molecule has 2 unspecified atom stereocenters. The molecule has 2 fully saturated rings. The van der Waals surface area contributed by atoms with Crippen LogP contribution in [0.5, 0.6) is 0 Å². The van der Waals surface area contributed by atoms with Crippen LogP contribution in [0.15, 0.2) is 0 Å². The first-order chi connectivity index (χ1) is 8.67. The number of hydrogen-bond donors (Lipinski definition) is 2. The molecule has 18 heavy (non-hydrogen) atoms. The van der Waals surface area contributed by atoms with Gasteiger partial charge in [0.25, 0.3) is 0 Å². The summed E-state index contributed by atoms with van der Waals surface area (Å²) in [7, 11) is 0. The third-order valence-corrected chi connectivity index (χ3v) is 4.87. The molecule has 0 spiro atoms. The van der Waals surface area contributed by atoms with Crippen molar-refractivity contribution in [3.05, 3.63) is 0 Å². The normalized spacial score (nSPS) is 31.0. The summed E-state index contributed by atoms with van der Waals surface area (Å²) < 4.78 is 0. The van der Waals surface area contributed by atoms with E-state index in [0.29, 0.717) is 23.6 Å². The van der Waals surface area contributed by atoms with Gasteiger partial charge in [-0.05, 0) is 39.0 Å².